The van der Waals surface area contributed by atoms with E-state index < -0.39 is 0 Å². The lowest BCUT2D eigenvalue weighted by Crippen LogP contribution is -2.49. The molecule has 5 rings (SSSR count). The second-order valence-electron chi connectivity index (χ2n) is 8.13. The van der Waals surface area contributed by atoms with Gasteiger partial charge in [-0.2, -0.15) is 5.26 Å². The minimum absolute atomic E-state index is 0.0328. The second-order valence-corrected chi connectivity index (χ2v) is 8.13. The molecule has 1 saturated carbocycles. The number of hydrogen-bond acceptors (Lipinski definition) is 6. The molecule has 7 heteroatoms. The first-order valence-corrected chi connectivity index (χ1v) is 10.4. The van der Waals surface area contributed by atoms with Gasteiger partial charge in [-0.25, -0.2) is 9.97 Å². The Balaban J connectivity index is 1.22. The van der Waals surface area contributed by atoms with E-state index in [1.54, 1.807) is 12.4 Å². The van der Waals surface area contributed by atoms with Crippen LogP contribution in [0, 0.1) is 11.3 Å². The van der Waals surface area contributed by atoms with Crippen molar-refractivity contribution in [2.45, 2.75) is 37.6 Å². The normalized spacial score (nSPS) is 22.4. The molecule has 29 heavy (non-hydrogen) atoms. The van der Waals surface area contributed by atoms with Crippen molar-refractivity contribution in [3.05, 3.63) is 57.9 Å². The van der Waals surface area contributed by atoms with Crippen LogP contribution in [0.15, 0.2) is 35.4 Å². The number of rotatable bonds is 4. The topological polar surface area (TPSA) is 88.9 Å². The smallest absolute Gasteiger partial charge is 0.254 e. The van der Waals surface area contributed by atoms with Crippen molar-refractivity contribution in [1.82, 2.24) is 19.9 Å². The zero-order chi connectivity index (χ0) is 19.8. The van der Waals surface area contributed by atoms with Gasteiger partial charge in [-0.05, 0) is 49.3 Å². The molecule has 1 aliphatic heterocycles. The molecule has 1 atom stereocenters. The average Bonchev–Trinajstić information content (AvgIpc) is 3.49. The van der Waals surface area contributed by atoms with E-state index >= 15 is 0 Å². The molecule has 2 aromatic rings. The highest BCUT2D eigenvalue weighted by atomic mass is 16.1. The zero-order valence-corrected chi connectivity index (χ0v) is 16.3. The highest BCUT2D eigenvalue weighted by Crippen LogP contribution is 2.38. The third kappa shape index (κ3) is 3.68. The van der Waals surface area contributed by atoms with Gasteiger partial charge in [0, 0.05) is 50.2 Å². The summed E-state index contributed by atoms with van der Waals surface area (Å²) in [5.74, 6) is 2.10. The Morgan fingerprint density at radius 1 is 1.07 bits per heavy atom. The van der Waals surface area contributed by atoms with E-state index in [2.05, 4.69) is 36.9 Å². The van der Waals surface area contributed by atoms with Crippen molar-refractivity contribution < 1.29 is 0 Å². The Morgan fingerprint density at radius 2 is 1.90 bits per heavy atom. The largest absolute Gasteiger partial charge is 0.354 e. The van der Waals surface area contributed by atoms with Crippen LogP contribution in [0.4, 0.5) is 5.82 Å². The van der Waals surface area contributed by atoms with Crippen molar-refractivity contribution in [2.75, 3.05) is 31.1 Å². The molecule has 2 aromatic heterocycles. The summed E-state index contributed by atoms with van der Waals surface area (Å²) in [6.07, 6.45) is 9.94. The van der Waals surface area contributed by atoms with Crippen LogP contribution in [0.3, 0.4) is 0 Å². The predicted molar refractivity (Wildman–Crippen MR) is 111 cm³/mol. The number of nitriles is 1. The molecule has 3 aliphatic rings. The molecule has 0 aromatic carbocycles. The van der Waals surface area contributed by atoms with E-state index in [1.807, 2.05) is 12.1 Å². The molecule has 1 unspecified atom stereocenters. The van der Waals surface area contributed by atoms with E-state index in [0.717, 1.165) is 74.6 Å². The molecule has 1 saturated heterocycles. The summed E-state index contributed by atoms with van der Waals surface area (Å²) in [4.78, 5) is 29.0. The van der Waals surface area contributed by atoms with Crippen LogP contribution in [0.25, 0.3) is 5.57 Å². The fourth-order valence-electron chi connectivity index (χ4n) is 4.36. The number of allylic oxidation sites excluding steroid dienone is 1. The van der Waals surface area contributed by atoms with Crippen LogP contribution in [-0.2, 0) is 0 Å². The SMILES string of the molecule is N#Cc1ccc(N2CCN(C3C=C(c4ncc(C5CC5)c(=O)[nH]4)CC3)CC2)nc1. The Bertz CT molecular complexity index is 1020. The minimum Gasteiger partial charge on any atom is -0.354 e. The van der Waals surface area contributed by atoms with Crippen molar-refractivity contribution >= 4 is 11.4 Å². The van der Waals surface area contributed by atoms with Crippen LogP contribution >= 0.6 is 0 Å². The summed E-state index contributed by atoms with van der Waals surface area (Å²) in [5, 5.41) is 8.91. The Labute approximate surface area is 169 Å². The summed E-state index contributed by atoms with van der Waals surface area (Å²) in [7, 11) is 0. The first-order chi connectivity index (χ1) is 14.2. The third-order valence-corrected chi connectivity index (χ3v) is 6.24. The van der Waals surface area contributed by atoms with Gasteiger partial charge in [-0.1, -0.05) is 6.08 Å². The van der Waals surface area contributed by atoms with E-state index in [1.165, 1.54) is 0 Å². The summed E-state index contributed by atoms with van der Waals surface area (Å²) in [6.45, 7) is 3.79. The zero-order valence-electron chi connectivity index (χ0n) is 16.3. The van der Waals surface area contributed by atoms with Crippen LogP contribution in [0.2, 0.25) is 0 Å². The number of nitrogens with zero attached hydrogens (tertiary/aromatic N) is 5. The van der Waals surface area contributed by atoms with Gasteiger partial charge in [-0.15, -0.1) is 0 Å². The average molecular weight is 388 g/mol. The Morgan fingerprint density at radius 3 is 2.55 bits per heavy atom. The summed E-state index contributed by atoms with van der Waals surface area (Å²) >= 11 is 0. The molecule has 0 radical (unpaired) electrons. The summed E-state index contributed by atoms with van der Waals surface area (Å²) in [6, 6.07) is 6.26. The van der Waals surface area contributed by atoms with Crippen molar-refractivity contribution in [2.24, 2.45) is 0 Å². The summed E-state index contributed by atoms with van der Waals surface area (Å²) in [5.41, 5.74) is 2.63. The third-order valence-electron chi connectivity index (χ3n) is 6.24. The number of aromatic amines is 1. The molecule has 0 bridgehead atoms. The second kappa shape index (κ2) is 7.45. The van der Waals surface area contributed by atoms with Crippen LogP contribution in [0.5, 0.6) is 0 Å². The van der Waals surface area contributed by atoms with Gasteiger partial charge in [0.2, 0.25) is 0 Å². The lowest BCUT2D eigenvalue weighted by atomic mass is 10.2. The highest BCUT2D eigenvalue weighted by Gasteiger charge is 2.29. The van der Waals surface area contributed by atoms with Crippen molar-refractivity contribution in [3.8, 4) is 6.07 Å². The van der Waals surface area contributed by atoms with Crippen molar-refractivity contribution in [3.63, 3.8) is 0 Å². The van der Waals surface area contributed by atoms with Gasteiger partial charge < -0.3 is 9.88 Å². The maximum absolute atomic E-state index is 12.3. The number of hydrogen-bond donors (Lipinski definition) is 1. The lowest BCUT2D eigenvalue weighted by molar-refractivity contribution is 0.214. The molecular formula is C22H24N6O. The molecule has 148 valence electrons. The standard InChI is InChI=1S/C22H24N6O/c23-12-15-1-6-20(24-13-15)28-9-7-27(8-10-28)18-5-4-17(11-18)21-25-14-19(16-2-3-16)22(29)26-21/h1,6,11,13-14,16,18H,2-5,7-10H2,(H,25,26,29). The Hall–Kier alpha value is -2.98. The van der Waals surface area contributed by atoms with Crippen LogP contribution in [0.1, 0.15) is 48.6 Å². The molecule has 2 aliphatic carbocycles. The van der Waals surface area contributed by atoms with Gasteiger partial charge in [-0.3, -0.25) is 9.69 Å². The fourth-order valence-corrected chi connectivity index (χ4v) is 4.36. The van der Waals surface area contributed by atoms with Gasteiger partial charge in [0.15, 0.2) is 0 Å². The van der Waals surface area contributed by atoms with E-state index in [4.69, 9.17) is 5.26 Å². The number of anilines is 1. The van der Waals surface area contributed by atoms with Gasteiger partial charge in [0.1, 0.15) is 17.7 Å². The molecule has 3 heterocycles. The highest BCUT2D eigenvalue weighted by molar-refractivity contribution is 5.63. The van der Waals surface area contributed by atoms with Gasteiger partial charge >= 0.3 is 0 Å². The molecule has 0 amide bonds. The fraction of sp³-hybridized carbons (Fsp3) is 0.455. The number of aromatic nitrogens is 3. The number of nitrogens with one attached hydrogen (secondary N) is 1. The molecule has 0 spiro atoms. The predicted octanol–water partition coefficient (Wildman–Crippen LogP) is 2.28. The first kappa shape index (κ1) is 18.1. The maximum atomic E-state index is 12.3. The number of piperazine rings is 1. The van der Waals surface area contributed by atoms with Crippen molar-refractivity contribution in [1.29, 1.82) is 5.26 Å². The minimum atomic E-state index is 0.0328. The van der Waals surface area contributed by atoms with E-state index in [-0.39, 0.29) is 5.56 Å². The molecule has 7 nitrogen and oxygen atoms in total. The monoisotopic (exact) mass is 388 g/mol. The molecule has 1 N–H and O–H groups in total. The van der Waals surface area contributed by atoms with E-state index in [0.29, 0.717) is 17.5 Å². The Kier molecular flexibility index (Phi) is 4.64. The lowest BCUT2D eigenvalue weighted by Gasteiger charge is -2.38. The van der Waals surface area contributed by atoms with Gasteiger partial charge in [0.05, 0.1) is 5.56 Å². The molecule has 2 fully saturated rings. The molecular weight excluding hydrogens is 364 g/mol. The van der Waals surface area contributed by atoms with Crippen LogP contribution < -0.4 is 10.5 Å². The first-order valence-electron chi connectivity index (χ1n) is 10.4. The van der Waals surface area contributed by atoms with E-state index in [9.17, 15) is 4.79 Å². The van der Waals surface area contributed by atoms with Gasteiger partial charge in [0.25, 0.3) is 5.56 Å². The maximum Gasteiger partial charge on any atom is 0.254 e. The number of H-pyrrole nitrogens is 1. The van der Waals surface area contributed by atoms with Crippen LogP contribution in [-0.4, -0.2) is 52.1 Å². The quantitative estimate of drug-likeness (QED) is 0.864. The summed E-state index contributed by atoms with van der Waals surface area (Å²) < 4.78 is 0. The number of pyridine rings is 1.